The van der Waals surface area contributed by atoms with Gasteiger partial charge >= 0.3 is 6.09 Å². The summed E-state index contributed by atoms with van der Waals surface area (Å²) in [5.74, 6) is 0. The number of carbonyl (C=O) groups excluding carboxylic acids is 1. The first-order chi connectivity index (χ1) is 8.87. The van der Waals surface area contributed by atoms with E-state index in [4.69, 9.17) is 4.74 Å². The number of carbonyl (C=O) groups is 1. The molecule has 0 aliphatic heterocycles. The Hall–Kier alpha value is -1.03. The molecule has 0 radical (unpaired) electrons. The first-order valence-electron chi connectivity index (χ1n) is 6.89. The van der Waals surface area contributed by atoms with Crippen molar-refractivity contribution in [3.8, 4) is 0 Å². The van der Waals surface area contributed by atoms with Crippen molar-refractivity contribution in [2.24, 2.45) is 0 Å². The first-order valence-corrected chi connectivity index (χ1v) is 7.77. The minimum Gasteiger partial charge on any atom is -0.444 e. The normalized spacial score (nSPS) is 13.1. The molecule has 0 saturated carbocycles. The van der Waals surface area contributed by atoms with Crippen molar-refractivity contribution in [1.82, 2.24) is 5.32 Å². The highest BCUT2D eigenvalue weighted by molar-refractivity contribution is 7.09. The van der Waals surface area contributed by atoms with Crippen molar-refractivity contribution in [3.63, 3.8) is 0 Å². The lowest BCUT2D eigenvalue weighted by Crippen LogP contribution is -2.37. The molecule has 1 aromatic rings. The maximum Gasteiger partial charge on any atom is 0.407 e. The molecule has 1 N–H and O–H groups in total. The highest BCUT2D eigenvalue weighted by Gasteiger charge is 2.17. The molecule has 0 fully saturated rings. The minimum atomic E-state index is -0.428. The van der Waals surface area contributed by atoms with Crippen molar-refractivity contribution in [2.45, 2.75) is 65.0 Å². The van der Waals surface area contributed by atoms with Crippen LogP contribution in [-0.4, -0.2) is 17.7 Å². The molecule has 0 aromatic carbocycles. The Morgan fingerprint density at radius 2 is 2.16 bits per heavy atom. The van der Waals surface area contributed by atoms with Crippen LogP contribution in [0.5, 0.6) is 0 Å². The Morgan fingerprint density at radius 1 is 1.42 bits per heavy atom. The second-order valence-corrected chi connectivity index (χ2v) is 6.90. The molecule has 3 nitrogen and oxygen atoms in total. The van der Waals surface area contributed by atoms with Crippen LogP contribution in [0.4, 0.5) is 4.79 Å². The van der Waals surface area contributed by atoms with Gasteiger partial charge in [0.1, 0.15) is 5.60 Å². The van der Waals surface area contributed by atoms with E-state index in [1.807, 2.05) is 39.0 Å². The molecule has 0 aliphatic carbocycles. The van der Waals surface area contributed by atoms with E-state index in [1.54, 1.807) is 0 Å². The quantitative estimate of drug-likeness (QED) is 0.787. The monoisotopic (exact) mass is 283 g/mol. The Labute approximate surface area is 120 Å². The standard InChI is InChI=1S/C15H25NO2S/c1-12(16-14(17)18-15(2,3)4)8-5-6-9-13-10-7-11-19-13/h7,10-12H,5-6,8-9H2,1-4H3,(H,16,17). The summed E-state index contributed by atoms with van der Waals surface area (Å²) in [5, 5.41) is 4.98. The van der Waals surface area contributed by atoms with Crippen LogP contribution in [0, 0.1) is 0 Å². The fraction of sp³-hybridized carbons (Fsp3) is 0.667. The smallest absolute Gasteiger partial charge is 0.407 e. The van der Waals surface area contributed by atoms with Crippen LogP contribution >= 0.6 is 11.3 Å². The zero-order valence-electron chi connectivity index (χ0n) is 12.4. The van der Waals surface area contributed by atoms with Crippen LogP contribution in [0.3, 0.4) is 0 Å². The van der Waals surface area contributed by atoms with Crippen LogP contribution in [0.1, 0.15) is 51.8 Å². The summed E-state index contributed by atoms with van der Waals surface area (Å²) in [6, 6.07) is 4.43. The molecule has 1 atom stereocenters. The van der Waals surface area contributed by atoms with Gasteiger partial charge in [0.05, 0.1) is 0 Å². The Morgan fingerprint density at radius 3 is 2.74 bits per heavy atom. The predicted octanol–water partition coefficient (Wildman–Crippen LogP) is 4.37. The third kappa shape index (κ3) is 7.88. The number of amides is 1. The van der Waals surface area contributed by atoms with Crippen molar-refractivity contribution < 1.29 is 9.53 Å². The Bertz CT molecular complexity index is 368. The summed E-state index contributed by atoms with van der Waals surface area (Å²) in [5.41, 5.74) is -0.428. The van der Waals surface area contributed by atoms with Crippen molar-refractivity contribution in [3.05, 3.63) is 22.4 Å². The van der Waals surface area contributed by atoms with Gasteiger partial charge in [0, 0.05) is 10.9 Å². The zero-order valence-corrected chi connectivity index (χ0v) is 13.2. The number of nitrogens with one attached hydrogen (secondary N) is 1. The summed E-state index contributed by atoms with van der Waals surface area (Å²) in [6.07, 6.45) is 4.09. The number of hydrogen-bond acceptors (Lipinski definition) is 3. The number of thiophene rings is 1. The van der Waals surface area contributed by atoms with Crippen LogP contribution < -0.4 is 5.32 Å². The fourth-order valence-corrected chi connectivity index (χ4v) is 2.54. The molecular weight excluding hydrogens is 258 g/mol. The molecule has 1 heterocycles. The molecule has 0 spiro atoms. The summed E-state index contributed by atoms with van der Waals surface area (Å²) in [4.78, 5) is 13.0. The highest BCUT2D eigenvalue weighted by Crippen LogP contribution is 2.13. The van der Waals surface area contributed by atoms with Gasteiger partial charge < -0.3 is 10.1 Å². The van der Waals surface area contributed by atoms with Crippen LogP contribution in [0.15, 0.2) is 17.5 Å². The van der Waals surface area contributed by atoms with Gasteiger partial charge in [-0.05, 0) is 58.4 Å². The van der Waals surface area contributed by atoms with E-state index in [1.165, 1.54) is 11.3 Å². The lowest BCUT2D eigenvalue weighted by Gasteiger charge is -2.21. The molecule has 1 rings (SSSR count). The Kier molecular flexibility index (Phi) is 6.35. The van der Waals surface area contributed by atoms with E-state index in [2.05, 4.69) is 22.8 Å². The molecular formula is C15H25NO2S. The van der Waals surface area contributed by atoms with Gasteiger partial charge in [-0.15, -0.1) is 11.3 Å². The minimum absolute atomic E-state index is 0.165. The predicted molar refractivity (Wildman–Crippen MR) is 80.7 cm³/mol. The van der Waals surface area contributed by atoms with Crippen LogP contribution in [-0.2, 0) is 11.2 Å². The van der Waals surface area contributed by atoms with Gasteiger partial charge in [-0.3, -0.25) is 0 Å². The molecule has 19 heavy (non-hydrogen) atoms. The summed E-state index contributed by atoms with van der Waals surface area (Å²) in [7, 11) is 0. The summed E-state index contributed by atoms with van der Waals surface area (Å²) >= 11 is 1.81. The second-order valence-electron chi connectivity index (χ2n) is 5.87. The van der Waals surface area contributed by atoms with E-state index in [9.17, 15) is 4.79 Å². The molecule has 1 aromatic heterocycles. The maximum atomic E-state index is 11.6. The highest BCUT2D eigenvalue weighted by atomic mass is 32.1. The second kappa shape index (κ2) is 7.53. The Balaban J connectivity index is 2.10. The van der Waals surface area contributed by atoms with Gasteiger partial charge in [0.25, 0.3) is 0 Å². The van der Waals surface area contributed by atoms with Gasteiger partial charge in [0.2, 0.25) is 0 Å². The number of hydrogen-bond donors (Lipinski definition) is 1. The van der Waals surface area contributed by atoms with Gasteiger partial charge in [-0.25, -0.2) is 4.79 Å². The average molecular weight is 283 g/mol. The van der Waals surface area contributed by atoms with Crippen molar-refractivity contribution in [2.75, 3.05) is 0 Å². The molecule has 4 heteroatoms. The van der Waals surface area contributed by atoms with E-state index < -0.39 is 5.60 Å². The number of ether oxygens (including phenoxy) is 1. The average Bonchev–Trinajstić information content (AvgIpc) is 2.74. The number of rotatable bonds is 6. The van der Waals surface area contributed by atoms with Gasteiger partial charge in [0.15, 0.2) is 0 Å². The van der Waals surface area contributed by atoms with E-state index >= 15 is 0 Å². The molecule has 1 unspecified atom stereocenters. The lowest BCUT2D eigenvalue weighted by molar-refractivity contribution is 0.0506. The first kappa shape index (κ1) is 16.0. The maximum absolute atomic E-state index is 11.6. The molecule has 0 aliphatic rings. The van der Waals surface area contributed by atoms with Crippen LogP contribution in [0.2, 0.25) is 0 Å². The number of alkyl carbamates (subject to hydrolysis) is 1. The number of unbranched alkanes of at least 4 members (excludes halogenated alkanes) is 1. The SMILES string of the molecule is CC(CCCCc1cccs1)NC(=O)OC(C)(C)C. The van der Waals surface area contributed by atoms with Crippen LogP contribution in [0.25, 0.3) is 0 Å². The molecule has 0 bridgehead atoms. The summed E-state index contributed by atoms with van der Waals surface area (Å²) in [6.45, 7) is 7.64. The third-order valence-electron chi connectivity index (χ3n) is 2.65. The topological polar surface area (TPSA) is 38.3 Å². The lowest BCUT2D eigenvalue weighted by atomic mass is 10.1. The summed E-state index contributed by atoms with van der Waals surface area (Å²) < 4.78 is 5.23. The van der Waals surface area contributed by atoms with E-state index in [-0.39, 0.29) is 12.1 Å². The molecule has 108 valence electrons. The van der Waals surface area contributed by atoms with Gasteiger partial charge in [-0.1, -0.05) is 12.5 Å². The number of aryl methyl sites for hydroxylation is 1. The van der Waals surface area contributed by atoms with Crippen molar-refractivity contribution >= 4 is 17.4 Å². The largest absolute Gasteiger partial charge is 0.444 e. The zero-order chi connectivity index (χ0) is 14.3. The van der Waals surface area contributed by atoms with E-state index in [0.717, 1.165) is 19.3 Å². The third-order valence-corrected chi connectivity index (χ3v) is 3.59. The van der Waals surface area contributed by atoms with Gasteiger partial charge in [-0.2, -0.15) is 0 Å². The van der Waals surface area contributed by atoms with E-state index in [0.29, 0.717) is 0 Å². The van der Waals surface area contributed by atoms with Crippen molar-refractivity contribution in [1.29, 1.82) is 0 Å². The fourth-order valence-electron chi connectivity index (χ4n) is 1.79. The molecule has 1 amide bonds. The molecule has 0 saturated heterocycles.